The molecule has 3 rings (SSSR count). The normalized spacial score (nSPS) is 11.3. The zero-order valence-corrected chi connectivity index (χ0v) is 20.4. The van der Waals surface area contributed by atoms with Gasteiger partial charge in [-0.25, -0.2) is 0 Å². The number of aromatic nitrogens is 3. The van der Waals surface area contributed by atoms with Crippen LogP contribution in [0.2, 0.25) is 0 Å². The molecule has 0 unspecified atom stereocenters. The molecule has 6 nitrogen and oxygen atoms in total. The van der Waals surface area contributed by atoms with Gasteiger partial charge >= 0.3 is 0 Å². The summed E-state index contributed by atoms with van der Waals surface area (Å²) in [6, 6.07) is 14.7. The van der Waals surface area contributed by atoms with Gasteiger partial charge in [0.25, 0.3) is 0 Å². The number of halogens is 1. The Morgan fingerprint density at radius 2 is 1.97 bits per heavy atom. The highest BCUT2D eigenvalue weighted by molar-refractivity contribution is 14.0. The molecule has 2 aromatic heterocycles. The van der Waals surface area contributed by atoms with Gasteiger partial charge in [-0.05, 0) is 49.4 Å². The van der Waals surface area contributed by atoms with Crippen LogP contribution in [-0.2, 0) is 13.0 Å². The molecule has 156 valence electrons. The smallest absolute Gasteiger partial charge is 0.193 e. The van der Waals surface area contributed by atoms with Crippen LogP contribution in [0.15, 0.2) is 58.5 Å². The third-order valence-electron chi connectivity index (χ3n) is 4.48. The van der Waals surface area contributed by atoms with Crippen LogP contribution in [0.5, 0.6) is 0 Å². The highest BCUT2D eigenvalue weighted by atomic mass is 127. The lowest BCUT2D eigenvalue weighted by Gasteiger charge is -2.22. The minimum Gasteiger partial charge on any atom is -0.357 e. The Bertz CT molecular complexity index is 909. The van der Waals surface area contributed by atoms with Crippen LogP contribution in [-0.4, -0.2) is 51.9 Å². The first-order valence-corrected chi connectivity index (χ1v) is 10.8. The number of nitrogens with one attached hydrogen (secondary N) is 1. The van der Waals surface area contributed by atoms with Crippen LogP contribution in [0.1, 0.15) is 24.7 Å². The van der Waals surface area contributed by atoms with Crippen molar-refractivity contribution in [1.29, 1.82) is 0 Å². The van der Waals surface area contributed by atoms with Crippen molar-refractivity contribution in [3.8, 4) is 0 Å². The van der Waals surface area contributed by atoms with E-state index in [2.05, 4.69) is 64.9 Å². The zero-order valence-electron chi connectivity index (χ0n) is 17.2. The van der Waals surface area contributed by atoms with E-state index in [4.69, 9.17) is 4.99 Å². The monoisotopic (exact) mass is 524 g/mol. The summed E-state index contributed by atoms with van der Waals surface area (Å²) >= 11 is 1.76. The number of rotatable bonds is 8. The Kier molecular flexibility index (Phi) is 9.72. The topological polar surface area (TPSA) is 57.8 Å². The molecule has 0 aliphatic rings. The number of nitrogens with zero attached hydrogens (tertiary/aromatic N) is 5. The summed E-state index contributed by atoms with van der Waals surface area (Å²) in [6.07, 6.45) is 5.89. The van der Waals surface area contributed by atoms with E-state index < -0.39 is 0 Å². The van der Waals surface area contributed by atoms with Gasteiger partial charge in [0.2, 0.25) is 0 Å². The van der Waals surface area contributed by atoms with Crippen LogP contribution in [0.3, 0.4) is 0 Å². The first kappa shape index (κ1) is 23.5. The summed E-state index contributed by atoms with van der Waals surface area (Å²) in [4.78, 5) is 8.25. The molecule has 0 amide bonds. The summed E-state index contributed by atoms with van der Waals surface area (Å²) in [7, 11) is 2.08. The van der Waals surface area contributed by atoms with Gasteiger partial charge < -0.3 is 10.2 Å². The van der Waals surface area contributed by atoms with E-state index in [1.54, 1.807) is 11.8 Å². The second-order valence-electron chi connectivity index (χ2n) is 6.59. The molecule has 0 atom stereocenters. The van der Waals surface area contributed by atoms with Gasteiger partial charge in [0, 0.05) is 44.2 Å². The van der Waals surface area contributed by atoms with Crippen molar-refractivity contribution in [2.45, 2.75) is 31.2 Å². The molecule has 2 heterocycles. The Hall–Kier alpha value is -1.81. The fraction of sp³-hybridized carbons (Fsp3) is 0.381. The Balaban J connectivity index is 0.00000300. The van der Waals surface area contributed by atoms with Crippen molar-refractivity contribution in [3.05, 3.63) is 60.0 Å². The summed E-state index contributed by atoms with van der Waals surface area (Å²) < 4.78 is 2.04. The van der Waals surface area contributed by atoms with Crippen LogP contribution in [0.4, 0.5) is 0 Å². The van der Waals surface area contributed by atoms with Crippen LogP contribution >= 0.6 is 35.7 Å². The van der Waals surface area contributed by atoms with E-state index in [9.17, 15) is 0 Å². The summed E-state index contributed by atoms with van der Waals surface area (Å²) in [5, 5.41) is 11.9. The molecule has 0 aliphatic carbocycles. The maximum Gasteiger partial charge on any atom is 0.193 e. The summed E-state index contributed by atoms with van der Waals surface area (Å²) in [5.74, 6) is 1.92. The molecule has 29 heavy (non-hydrogen) atoms. The van der Waals surface area contributed by atoms with Gasteiger partial charge in [-0.1, -0.05) is 18.2 Å². The molecule has 0 saturated carbocycles. The third kappa shape index (κ3) is 6.60. The van der Waals surface area contributed by atoms with Crippen molar-refractivity contribution in [2.75, 3.05) is 26.4 Å². The van der Waals surface area contributed by atoms with Gasteiger partial charge in [0.1, 0.15) is 5.82 Å². The molecule has 1 N–H and O–H groups in total. The van der Waals surface area contributed by atoms with E-state index in [1.165, 1.54) is 10.5 Å². The van der Waals surface area contributed by atoms with E-state index in [0.29, 0.717) is 0 Å². The Morgan fingerprint density at radius 1 is 1.17 bits per heavy atom. The van der Waals surface area contributed by atoms with Crippen molar-refractivity contribution in [1.82, 2.24) is 24.8 Å². The van der Waals surface area contributed by atoms with Gasteiger partial charge in [0.15, 0.2) is 11.6 Å². The first-order chi connectivity index (χ1) is 13.7. The van der Waals surface area contributed by atoms with Crippen molar-refractivity contribution >= 4 is 47.3 Å². The average Bonchev–Trinajstić information content (AvgIpc) is 3.14. The molecule has 0 saturated heterocycles. The quantitative estimate of drug-likeness (QED) is 0.158. The van der Waals surface area contributed by atoms with E-state index in [-0.39, 0.29) is 24.0 Å². The van der Waals surface area contributed by atoms with Crippen molar-refractivity contribution < 1.29 is 0 Å². The molecular weight excluding hydrogens is 495 g/mol. The highest BCUT2D eigenvalue weighted by Gasteiger charge is 2.07. The number of thioether (sulfide) groups is 1. The number of fused-ring (bicyclic) bond motifs is 1. The molecule has 8 heteroatoms. The van der Waals surface area contributed by atoms with Crippen molar-refractivity contribution in [3.63, 3.8) is 0 Å². The molecular formula is C21H29IN6S. The molecule has 1 aromatic carbocycles. The fourth-order valence-electron chi connectivity index (χ4n) is 3.03. The summed E-state index contributed by atoms with van der Waals surface area (Å²) in [6.45, 7) is 4.53. The standard InChI is InChI=1S/C21H28N6S.HI/c1-4-22-21(26(2)16-17-10-12-18(28-3)13-11-17)23-14-7-9-20-25-24-19-8-5-6-15-27(19)20;/h5-6,8,10-13,15H,4,7,9,14,16H2,1-3H3,(H,22,23);1H. The second-order valence-corrected chi connectivity index (χ2v) is 7.47. The lowest BCUT2D eigenvalue weighted by atomic mass is 10.2. The van der Waals surface area contributed by atoms with Gasteiger partial charge in [-0.3, -0.25) is 9.39 Å². The number of hydrogen-bond donors (Lipinski definition) is 1. The van der Waals surface area contributed by atoms with Gasteiger partial charge in [0.05, 0.1) is 0 Å². The van der Waals surface area contributed by atoms with E-state index in [1.807, 2.05) is 28.8 Å². The van der Waals surface area contributed by atoms with Crippen LogP contribution in [0.25, 0.3) is 5.65 Å². The predicted molar refractivity (Wildman–Crippen MR) is 132 cm³/mol. The Labute approximate surface area is 194 Å². The largest absolute Gasteiger partial charge is 0.357 e. The zero-order chi connectivity index (χ0) is 19.8. The fourth-order valence-corrected chi connectivity index (χ4v) is 3.44. The second kappa shape index (κ2) is 12.0. The number of pyridine rings is 1. The maximum absolute atomic E-state index is 4.79. The number of aliphatic imine (C=N–C) groups is 1. The molecule has 3 aromatic rings. The van der Waals surface area contributed by atoms with Gasteiger partial charge in [-0.15, -0.1) is 45.9 Å². The number of hydrogen-bond acceptors (Lipinski definition) is 4. The first-order valence-electron chi connectivity index (χ1n) is 9.62. The molecule has 0 radical (unpaired) electrons. The minimum absolute atomic E-state index is 0. The van der Waals surface area contributed by atoms with Crippen molar-refractivity contribution in [2.24, 2.45) is 4.99 Å². The maximum atomic E-state index is 4.79. The molecule has 0 bridgehead atoms. The highest BCUT2D eigenvalue weighted by Crippen LogP contribution is 2.15. The lowest BCUT2D eigenvalue weighted by Crippen LogP contribution is -2.38. The van der Waals surface area contributed by atoms with Crippen LogP contribution < -0.4 is 5.32 Å². The molecule has 0 spiro atoms. The minimum atomic E-state index is 0. The number of aryl methyl sites for hydroxylation is 1. The van der Waals surface area contributed by atoms with Crippen LogP contribution in [0, 0.1) is 0 Å². The lowest BCUT2D eigenvalue weighted by molar-refractivity contribution is 0.476. The predicted octanol–water partition coefficient (Wildman–Crippen LogP) is 4.10. The molecule has 0 fully saturated rings. The SMILES string of the molecule is CCNC(=NCCCc1nnc2ccccn12)N(C)Cc1ccc(SC)cc1.I. The average molecular weight is 524 g/mol. The number of guanidine groups is 1. The third-order valence-corrected chi connectivity index (χ3v) is 5.22. The number of benzene rings is 1. The van der Waals surface area contributed by atoms with E-state index >= 15 is 0 Å². The van der Waals surface area contributed by atoms with E-state index in [0.717, 1.165) is 49.9 Å². The van der Waals surface area contributed by atoms with Gasteiger partial charge in [-0.2, -0.15) is 0 Å². The molecule has 0 aliphatic heterocycles. The summed E-state index contributed by atoms with van der Waals surface area (Å²) in [5.41, 5.74) is 2.17. The Morgan fingerprint density at radius 3 is 2.69 bits per heavy atom.